The Morgan fingerprint density at radius 1 is 1.15 bits per heavy atom. The van der Waals surface area contributed by atoms with E-state index in [0.717, 1.165) is 29.0 Å². The summed E-state index contributed by atoms with van der Waals surface area (Å²) in [6.07, 6.45) is 2.43. The largest absolute Gasteiger partial charge is 0.503 e. The average Bonchev–Trinajstić information content (AvgIpc) is 2.70. The fourth-order valence-electron chi connectivity index (χ4n) is 2.58. The van der Waals surface area contributed by atoms with Crippen molar-refractivity contribution in [1.29, 1.82) is 0 Å². The molecule has 1 unspecified atom stereocenters. The van der Waals surface area contributed by atoms with Gasteiger partial charge in [0.2, 0.25) is 0 Å². The Kier molecular flexibility index (Phi) is 7.74. The summed E-state index contributed by atoms with van der Waals surface area (Å²) >= 11 is 0. The number of carbonyl (C=O) groups is 1. The Hall–Kier alpha value is -2.95. The van der Waals surface area contributed by atoms with Gasteiger partial charge in [-0.3, -0.25) is 0 Å². The van der Waals surface area contributed by atoms with E-state index < -0.39 is 5.97 Å². The number of rotatable bonds is 9. The maximum absolute atomic E-state index is 12.1. The molecule has 2 rings (SSSR count). The molecule has 0 radical (unpaired) electrons. The molecule has 1 atom stereocenters. The number of nitrogens with one attached hydrogen (secondary N) is 1. The van der Waals surface area contributed by atoms with Crippen LogP contribution in [0.1, 0.15) is 31.4 Å². The zero-order valence-corrected chi connectivity index (χ0v) is 16.3. The average molecular weight is 369 g/mol. The van der Waals surface area contributed by atoms with Crippen molar-refractivity contribution in [3.63, 3.8) is 0 Å². The molecule has 2 aromatic carbocycles. The summed E-state index contributed by atoms with van der Waals surface area (Å²) in [5.74, 6) is 0.303. The second-order valence-corrected chi connectivity index (χ2v) is 6.19. The Morgan fingerprint density at radius 2 is 1.93 bits per heavy atom. The van der Waals surface area contributed by atoms with E-state index in [0.29, 0.717) is 18.2 Å². The number of hydrogen-bond acceptors (Lipinski definition) is 5. The van der Waals surface area contributed by atoms with Crippen molar-refractivity contribution in [3.05, 3.63) is 65.9 Å². The highest BCUT2D eigenvalue weighted by Gasteiger charge is 2.16. The van der Waals surface area contributed by atoms with Crippen LogP contribution in [0.5, 0.6) is 5.75 Å². The van der Waals surface area contributed by atoms with E-state index in [4.69, 9.17) is 14.2 Å². The lowest BCUT2D eigenvalue weighted by Gasteiger charge is -2.15. The first-order valence-corrected chi connectivity index (χ1v) is 8.98. The zero-order chi connectivity index (χ0) is 19.6. The van der Waals surface area contributed by atoms with E-state index >= 15 is 0 Å². The lowest BCUT2D eigenvalue weighted by atomic mass is 10.0. The molecular formula is C22H27NO4. The summed E-state index contributed by atoms with van der Waals surface area (Å²) < 4.78 is 15.9. The van der Waals surface area contributed by atoms with E-state index in [1.165, 1.54) is 20.5 Å². The van der Waals surface area contributed by atoms with E-state index in [-0.39, 0.29) is 0 Å². The fourth-order valence-corrected chi connectivity index (χ4v) is 2.58. The molecule has 0 heterocycles. The molecule has 0 amide bonds. The Labute approximate surface area is 161 Å². The normalized spacial score (nSPS) is 12.2. The lowest BCUT2D eigenvalue weighted by Crippen LogP contribution is -2.13. The van der Waals surface area contributed by atoms with Crippen molar-refractivity contribution in [3.8, 4) is 5.75 Å². The molecule has 0 aliphatic heterocycles. The van der Waals surface area contributed by atoms with Crippen molar-refractivity contribution in [2.75, 3.05) is 19.5 Å². The maximum atomic E-state index is 12.1. The van der Waals surface area contributed by atoms with Crippen molar-refractivity contribution >= 4 is 17.2 Å². The van der Waals surface area contributed by atoms with Gasteiger partial charge in [0.1, 0.15) is 17.9 Å². The topological polar surface area (TPSA) is 56.8 Å². The second-order valence-electron chi connectivity index (χ2n) is 6.19. The van der Waals surface area contributed by atoms with Crippen LogP contribution in [-0.2, 0) is 20.9 Å². The maximum Gasteiger partial charge on any atom is 0.341 e. The number of anilines is 1. The van der Waals surface area contributed by atoms with Crippen LogP contribution in [-0.4, -0.2) is 26.2 Å². The predicted octanol–water partition coefficient (Wildman–Crippen LogP) is 4.64. The minimum atomic E-state index is -0.455. The number of ether oxygens (including phenoxy) is 3. The Balaban J connectivity index is 2.18. The van der Waals surface area contributed by atoms with Gasteiger partial charge in [-0.25, -0.2) is 4.79 Å². The molecule has 0 aromatic heterocycles. The fraction of sp³-hybridized carbons (Fsp3) is 0.318. The molecule has 0 aliphatic carbocycles. The summed E-state index contributed by atoms with van der Waals surface area (Å²) in [7, 11) is 2.85. The summed E-state index contributed by atoms with van der Waals surface area (Å²) in [6.45, 7) is 4.60. The molecule has 27 heavy (non-hydrogen) atoms. The molecule has 144 valence electrons. The molecular weight excluding hydrogens is 342 g/mol. The van der Waals surface area contributed by atoms with E-state index in [9.17, 15) is 4.79 Å². The van der Waals surface area contributed by atoms with E-state index in [1.807, 2.05) is 48.5 Å². The van der Waals surface area contributed by atoms with Gasteiger partial charge < -0.3 is 19.5 Å². The summed E-state index contributed by atoms with van der Waals surface area (Å²) in [5.41, 5.74) is 2.96. The molecule has 5 heteroatoms. The summed E-state index contributed by atoms with van der Waals surface area (Å²) in [5, 5.41) is 3.43. The molecule has 1 N–H and O–H groups in total. The van der Waals surface area contributed by atoms with Crippen LogP contribution in [0, 0.1) is 0 Å². The van der Waals surface area contributed by atoms with Crippen molar-refractivity contribution in [2.24, 2.45) is 0 Å². The third-order valence-corrected chi connectivity index (χ3v) is 4.20. The first kappa shape index (κ1) is 20.4. The van der Waals surface area contributed by atoms with Crippen LogP contribution in [0.4, 0.5) is 5.69 Å². The standard InChI is InChI=1S/C22H27NO4/c1-5-16(2)23-18-10-8-11-19(13-18)27-14-17-9-6-7-12-20(17)21(15-25-3)22(24)26-4/h6-13,15-16,23H,5,14H2,1-4H3. The van der Waals surface area contributed by atoms with Crippen molar-refractivity contribution in [1.82, 2.24) is 0 Å². The van der Waals surface area contributed by atoms with Crippen molar-refractivity contribution < 1.29 is 19.0 Å². The highest BCUT2D eigenvalue weighted by Crippen LogP contribution is 2.24. The van der Waals surface area contributed by atoms with Crippen molar-refractivity contribution in [2.45, 2.75) is 32.9 Å². The van der Waals surface area contributed by atoms with Crippen LogP contribution in [0.2, 0.25) is 0 Å². The quantitative estimate of drug-likeness (QED) is 0.396. The molecule has 0 spiro atoms. The molecule has 5 nitrogen and oxygen atoms in total. The van der Waals surface area contributed by atoms with Gasteiger partial charge in [0.05, 0.1) is 20.5 Å². The number of benzene rings is 2. The van der Waals surface area contributed by atoms with Crippen LogP contribution in [0.25, 0.3) is 5.57 Å². The van der Waals surface area contributed by atoms with Crippen LogP contribution >= 0.6 is 0 Å². The van der Waals surface area contributed by atoms with Gasteiger partial charge in [-0.15, -0.1) is 0 Å². The van der Waals surface area contributed by atoms with Gasteiger partial charge in [-0.05, 0) is 36.6 Å². The number of methoxy groups -OCH3 is 2. The first-order chi connectivity index (χ1) is 13.1. The van der Waals surface area contributed by atoms with Gasteiger partial charge in [0, 0.05) is 17.8 Å². The SMILES string of the molecule is CCC(C)Nc1cccc(OCc2ccccc2C(=COC)C(=O)OC)c1. The van der Waals surface area contributed by atoms with Gasteiger partial charge in [0.25, 0.3) is 0 Å². The Morgan fingerprint density at radius 3 is 2.63 bits per heavy atom. The second kappa shape index (κ2) is 10.3. The molecule has 0 aliphatic rings. The summed E-state index contributed by atoms with van der Waals surface area (Å²) in [4.78, 5) is 12.1. The lowest BCUT2D eigenvalue weighted by molar-refractivity contribution is -0.133. The van der Waals surface area contributed by atoms with Gasteiger partial charge in [0.15, 0.2) is 0 Å². The van der Waals surface area contributed by atoms with Gasteiger partial charge >= 0.3 is 5.97 Å². The monoisotopic (exact) mass is 369 g/mol. The molecule has 0 saturated heterocycles. The minimum absolute atomic E-state index is 0.320. The third kappa shape index (κ3) is 5.78. The first-order valence-electron chi connectivity index (χ1n) is 8.98. The Bertz CT molecular complexity index is 785. The molecule has 0 fully saturated rings. The molecule has 0 saturated carbocycles. The highest BCUT2D eigenvalue weighted by molar-refractivity contribution is 6.16. The minimum Gasteiger partial charge on any atom is -0.503 e. The van der Waals surface area contributed by atoms with Gasteiger partial charge in [-0.1, -0.05) is 37.3 Å². The van der Waals surface area contributed by atoms with Crippen LogP contribution in [0.3, 0.4) is 0 Å². The highest BCUT2D eigenvalue weighted by atomic mass is 16.5. The molecule has 2 aromatic rings. The zero-order valence-electron chi connectivity index (χ0n) is 16.3. The van der Waals surface area contributed by atoms with E-state index in [1.54, 1.807) is 0 Å². The van der Waals surface area contributed by atoms with Crippen LogP contribution < -0.4 is 10.1 Å². The number of carbonyl (C=O) groups excluding carboxylic acids is 1. The number of esters is 1. The summed E-state index contributed by atoms with van der Waals surface area (Å²) in [6, 6.07) is 15.8. The van der Waals surface area contributed by atoms with Crippen LogP contribution in [0.15, 0.2) is 54.8 Å². The smallest absolute Gasteiger partial charge is 0.341 e. The predicted molar refractivity (Wildman–Crippen MR) is 108 cm³/mol. The third-order valence-electron chi connectivity index (χ3n) is 4.20. The van der Waals surface area contributed by atoms with Gasteiger partial charge in [-0.2, -0.15) is 0 Å². The molecule has 0 bridgehead atoms. The van der Waals surface area contributed by atoms with E-state index in [2.05, 4.69) is 19.2 Å². The number of hydrogen-bond donors (Lipinski definition) is 1.